The van der Waals surface area contributed by atoms with Gasteiger partial charge >= 0.3 is 0 Å². The van der Waals surface area contributed by atoms with E-state index in [1.54, 1.807) is 0 Å². The van der Waals surface area contributed by atoms with Crippen molar-refractivity contribution in [3.05, 3.63) is 35.9 Å². The van der Waals surface area contributed by atoms with Crippen LogP contribution in [0, 0.1) is 0 Å². The second-order valence-electron chi connectivity index (χ2n) is 5.66. The molecule has 1 aromatic rings. The van der Waals surface area contributed by atoms with Gasteiger partial charge in [0.15, 0.2) is 0 Å². The van der Waals surface area contributed by atoms with E-state index in [0.29, 0.717) is 6.04 Å². The van der Waals surface area contributed by atoms with E-state index in [9.17, 15) is 0 Å². The van der Waals surface area contributed by atoms with E-state index in [-0.39, 0.29) is 5.54 Å². The first-order chi connectivity index (χ1) is 8.12. The fraction of sp³-hybridized carbons (Fsp3) is 0.600. The summed E-state index contributed by atoms with van der Waals surface area (Å²) in [6.45, 7) is 10.2. The van der Waals surface area contributed by atoms with Gasteiger partial charge in [0.25, 0.3) is 0 Å². The normalized spacial score (nSPS) is 24.8. The molecule has 0 aliphatic carbocycles. The van der Waals surface area contributed by atoms with Crippen LogP contribution in [0.5, 0.6) is 0 Å². The van der Waals surface area contributed by atoms with E-state index in [2.05, 4.69) is 61.3 Å². The zero-order valence-corrected chi connectivity index (χ0v) is 11.2. The van der Waals surface area contributed by atoms with E-state index >= 15 is 0 Å². The monoisotopic (exact) mass is 232 g/mol. The van der Waals surface area contributed by atoms with Crippen LogP contribution in [-0.4, -0.2) is 29.6 Å². The molecule has 1 heterocycles. The Hall–Kier alpha value is -0.860. The maximum atomic E-state index is 3.63. The van der Waals surface area contributed by atoms with Gasteiger partial charge in [-0.05, 0) is 25.8 Å². The molecule has 1 saturated heterocycles. The van der Waals surface area contributed by atoms with Gasteiger partial charge in [-0.25, -0.2) is 0 Å². The molecule has 2 nitrogen and oxygen atoms in total. The molecule has 94 valence electrons. The third-order valence-electron chi connectivity index (χ3n) is 3.83. The van der Waals surface area contributed by atoms with Crippen molar-refractivity contribution in [3.63, 3.8) is 0 Å². The zero-order valence-electron chi connectivity index (χ0n) is 11.2. The molecule has 0 radical (unpaired) electrons. The largest absolute Gasteiger partial charge is 0.311 e. The van der Waals surface area contributed by atoms with Crippen LogP contribution in [0.15, 0.2) is 30.3 Å². The predicted octanol–water partition coefficient (Wildman–Crippen LogP) is 2.65. The van der Waals surface area contributed by atoms with Crippen molar-refractivity contribution in [2.75, 3.05) is 13.1 Å². The molecule has 1 aromatic carbocycles. The van der Waals surface area contributed by atoms with Gasteiger partial charge in [0, 0.05) is 31.2 Å². The molecule has 2 rings (SSSR count). The van der Waals surface area contributed by atoms with Crippen LogP contribution in [0.1, 0.15) is 32.8 Å². The van der Waals surface area contributed by atoms with Crippen molar-refractivity contribution in [2.45, 2.75) is 45.3 Å². The number of benzene rings is 1. The van der Waals surface area contributed by atoms with Crippen molar-refractivity contribution in [3.8, 4) is 0 Å². The Labute approximate surface area is 105 Å². The Balaban J connectivity index is 2.06. The molecule has 1 aliphatic heterocycles. The Morgan fingerprint density at radius 1 is 1.29 bits per heavy atom. The van der Waals surface area contributed by atoms with Crippen LogP contribution in [0.25, 0.3) is 0 Å². The van der Waals surface area contributed by atoms with Crippen LogP contribution in [-0.2, 0) is 6.54 Å². The Bertz CT molecular complexity index is 345. The molecule has 1 N–H and O–H groups in total. The molecule has 0 amide bonds. The summed E-state index contributed by atoms with van der Waals surface area (Å²) in [4.78, 5) is 2.60. The lowest BCUT2D eigenvalue weighted by Crippen LogP contribution is -2.61. The van der Waals surface area contributed by atoms with Crippen molar-refractivity contribution in [1.29, 1.82) is 0 Å². The average molecular weight is 232 g/mol. The Morgan fingerprint density at radius 2 is 2.00 bits per heavy atom. The van der Waals surface area contributed by atoms with Gasteiger partial charge in [-0.15, -0.1) is 0 Å². The highest BCUT2D eigenvalue weighted by atomic mass is 15.3. The molecular weight excluding hydrogens is 208 g/mol. The fourth-order valence-electron chi connectivity index (χ4n) is 2.44. The van der Waals surface area contributed by atoms with Crippen LogP contribution in [0.3, 0.4) is 0 Å². The number of nitrogens with zero attached hydrogens (tertiary/aromatic N) is 1. The standard InChI is InChI=1S/C15H24N2/c1-4-14-11-17(15(2,3)12-16-14)10-13-8-6-5-7-9-13/h5-9,14,16H,4,10-12H2,1-3H3. The SMILES string of the molecule is CCC1CN(Cc2ccccc2)C(C)(C)CN1. The third-order valence-corrected chi connectivity index (χ3v) is 3.83. The first-order valence-corrected chi connectivity index (χ1v) is 6.64. The summed E-state index contributed by atoms with van der Waals surface area (Å²) < 4.78 is 0. The lowest BCUT2D eigenvalue weighted by molar-refractivity contribution is 0.0577. The van der Waals surface area contributed by atoms with Crippen LogP contribution in [0.2, 0.25) is 0 Å². The summed E-state index contributed by atoms with van der Waals surface area (Å²) in [5.41, 5.74) is 1.67. The summed E-state index contributed by atoms with van der Waals surface area (Å²) in [7, 11) is 0. The third kappa shape index (κ3) is 3.08. The van der Waals surface area contributed by atoms with Crippen LogP contribution < -0.4 is 5.32 Å². The number of hydrogen-bond donors (Lipinski definition) is 1. The Morgan fingerprint density at radius 3 is 2.65 bits per heavy atom. The molecule has 0 aromatic heterocycles. The van der Waals surface area contributed by atoms with Crippen molar-refractivity contribution in [2.24, 2.45) is 0 Å². The second-order valence-corrected chi connectivity index (χ2v) is 5.66. The quantitative estimate of drug-likeness (QED) is 0.862. The minimum Gasteiger partial charge on any atom is -0.311 e. The molecule has 0 spiro atoms. The van der Waals surface area contributed by atoms with E-state index in [1.165, 1.54) is 12.0 Å². The summed E-state index contributed by atoms with van der Waals surface area (Å²) in [6, 6.07) is 11.4. The maximum absolute atomic E-state index is 3.63. The number of piperazine rings is 1. The zero-order chi connectivity index (χ0) is 12.3. The van der Waals surface area contributed by atoms with E-state index in [0.717, 1.165) is 19.6 Å². The molecular formula is C15H24N2. The molecule has 1 fully saturated rings. The highest BCUT2D eigenvalue weighted by Crippen LogP contribution is 2.22. The molecule has 1 atom stereocenters. The minimum absolute atomic E-state index is 0.251. The van der Waals surface area contributed by atoms with Crippen LogP contribution in [0.4, 0.5) is 0 Å². The molecule has 17 heavy (non-hydrogen) atoms. The maximum Gasteiger partial charge on any atom is 0.0281 e. The van der Waals surface area contributed by atoms with Crippen LogP contribution >= 0.6 is 0 Å². The molecule has 0 saturated carbocycles. The molecule has 0 bridgehead atoms. The van der Waals surface area contributed by atoms with Gasteiger partial charge in [0.1, 0.15) is 0 Å². The van der Waals surface area contributed by atoms with E-state index in [4.69, 9.17) is 0 Å². The van der Waals surface area contributed by atoms with Gasteiger partial charge in [0.2, 0.25) is 0 Å². The highest BCUT2D eigenvalue weighted by molar-refractivity contribution is 5.15. The summed E-state index contributed by atoms with van der Waals surface area (Å²) >= 11 is 0. The summed E-state index contributed by atoms with van der Waals surface area (Å²) in [5, 5.41) is 3.63. The lowest BCUT2D eigenvalue weighted by atomic mass is 9.95. The van der Waals surface area contributed by atoms with Crippen molar-refractivity contribution in [1.82, 2.24) is 10.2 Å². The molecule has 1 aliphatic rings. The fourth-order valence-corrected chi connectivity index (χ4v) is 2.44. The molecule has 1 unspecified atom stereocenters. The smallest absolute Gasteiger partial charge is 0.0281 e. The number of rotatable bonds is 3. The predicted molar refractivity (Wildman–Crippen MR) is 73.0 cm³/mol. The Kier molecular flexibility index (Phi) is 3.85. The first-order valence-electron chi connectivity index (χ1n) is 6.64. The first kappa shape index (κ1) is 12.6. The van der Waals surface area contributed by atoms with Gasteiger partial charge in [0.05, 0.1) is 0 Å². The topological polar surface area (TPSA) is 15.3 Å². The summed E-state index contributed by atoms with van der Waals surface area (Å²) in [6.07, 6.45) is 1.21. The minimum atomic E-state index is 0.251. The number of hydrogen-bond acceptors (Lipinski definition) is 2. The highest BCUT2D eigenvalue weighted by Gasteiger charge is 2.32. The van der Waals surface area contributed by atoms with E-state index in [1.807, 2.05) is 0 Å². The van der Waals surface area contributed by atoms with Gasteiger partial charge in [-0.2, -0.15) is 0 Å². The summed E-state index contributed by atoms with van der Waals surface area (Å²) in [5.74, 6) is 0. The van der Waals surface area contributed by atoms with Gasteiger partial charge in [-0.3, -0.25) is 4.90 Å². The second kappa shape index (κ2) is 5.19. The average Bonchev–Trinajstić information content (AvgIpc) is 2.33. The van der Waals surface area contributed by atoms with E-state index < -0.39 is 0 Å². The number of nitrogens with one attached hydrogen (secondary N) is 1. The van der Waals surface area contributed by atoms with Gasteiger partial charge < -0.3 is 5.32 Å². The molecule has 2 heteroatoms. The van der Waals surface area contributed by atoms with Crippen molar-refractivity contribution < 1.29 is 0 Å². The van der Waals surface area contributed by atoms with Crippen molar-refractivity contribution >= 4 is 0 Å². The van der Waals surface area contributed by atoms with Gasteiger partial charge in [-0.1, -0.05) is 37.3 Å². The lowest BCUT2D eigenvalue weighted by Gasteiger charge is -2.46.